The quantitative estimate of drug-likeness (QED) is 0.764. The Morgan fingerprint density at radius 2 is 2.06 bits per heavy atom. The zero-order chi connectivity index (χ0) is 11.9. The predicted octanol–water partition coefficient (Wildman–Crippen LogP) is 3.57. The molecule has 0 amide bonds. The van der Waals surface area contributed by atoms with Gasteiger partial charge in [-0.3, -0.25) is 0 Å². The first-order chi connectivity index (χ1) is 7.44. The number of hydrogen-bond donors (Lipinski definition) is 1. The van der Waals surface area contributed by atoms with Crippen LogP contribution in [0.1, 0.15) is 56.8 Å². The summed E-state index contributed by atoms with van der Waals surface area (Å²) in [6, 6.07) is 6.79. The maximum atomic E-state index is 6.06. The molecule has 0 fully saturated rings. The lowest BCUT2D eigenvalue weighted by atomic mass is 9.65. The molecule has 1 nitrogen and oxygen atoms in total. The first kappa shape index (κ1) is 11.7. The van der Waals surface area contributed by atoms with Crippen LogP contribution in [0.2, 0.25) is 0 Å². The van der Waals surface area contributed by atoms with Gasteiger partial charge in [-0.05, 0) is 47.8 Å². The van der Waals surface area contributed by atoms with Gasteiger partial charge in [0, 0.05) is 6.04 Å². The Hall–Kier alpha value is -0.820. The van der Waals surface area contributed by atoms with E-state index in [0.717, 1.165) is 5.92 Å². The van der Waals surface area contributed by atoms with Gasteiger partial charge in [0.25, 0.3) is 0 Å². The second kappa shape index (κ2) is 3.89. The molecule has 2 rings (SSSR count). The molecule has 1 aromatic rings. The van der Waals surface area contributed by atoms with E-state index in [9.17, 15) is 0 Å². The van der Waals surface area contributed by atoms with E-state index in [0.29, 0.717) is 5.41 Å². The average molecular weight is 217 g/mol. The third-order valence-corrected chi connectivity index (χ3v) is 4.46. The summed E-state index contributed by atoms with van der Waals surface area (Å²) in [6.45, 7) is 9.17. The molecule has 0 radical (unpaired) electrons. The van der Waals surface area contributed by atoms with Crippen LogP contribution in [0.5, 0.6) is 0 Å². The molecule has 1 aliphatic carbocycles. The van der Waals surface area contributed by atoms with Crippen molar-refractivity contribution < 1.29 is 0 Å². The topological polar surface area (TPSA) is 26.0 Å². The van der Waals surface area contributed by atoms with Crippen molar-refractivity contribution in [3.8, 4) is 0 Å². The first-order valence-corrected chi connectivity index (χ1v) is 6.32. The monoisotopic (exact) mass is 217 g/mol. The Morgan fingerprint density at radius 3 is 2.69 bits per heavy atom. The number of fused-ring (bicyclic) bond motifs is 1. The minimum Gasteiger partial charge on any atom is -0.324 e. The van der Waals surface area contributed by atoms with Crippen LogP contribution in [0, 0.1) is 5.92 Å². The van der Waals surface area contributed by atoms with Gasteiger partial charge in [0.05, 0.1) is 0 Å². The van der Waals surface area contributed by atoms with Crippen LogP contribution >= 0.6 is 0 Å². The van der Waals surface area contributed by atoms with Gasteiger partial charge < -0.3 is 5.73 Å². The van der Waals surface area contributed by atoms with Crippen LogP contribution in [-0.2, 0) is 11.8 Å². The lowest BCUT2D eigenvalue weighted by Gasteiger charge is -2.40. The Labute approximate surface area is 99.0 Å². The van der Waals surface area contributed by atoms with Crippen molar-refractivity contribution in [3.63, 3.8) is 0 Å². The highest BCUT2D eigenvalue weighted by Gasteiger charge is 2.34. The van der Waals surface area contributed by atoms with Gasteiger partial charge in [-0.1, -0.05) is 39.0 Å². The minimum atomic E-state index is 0.152. The van der Waals surface area contributed by atoms with Crippen LogP contribution in [0.3, 0.4) is 0 Å². The van der Waals surface area contributed by atoms with Crippen molar-refractivity contribution in [2.45, 2.75) is 52.0 Å². The molecule has 2 N–H and O–H groups in total. The van der Waals surface area contributed by atoms with Crippen LogP contribution in [0.4, 0.5) is 0 Å². The summed E-state index contributed by atoms with van der Waals surface area (Å²) in [5.41, 5.74) is 10.7. The molecule has 0 spiro atoms. The van der Waals surface area contributed by atoms with Gasteiger partial charge in [-0.15, -0.1) is 0 Å². The Morgan fingerprint density at radius 1 is 1.38 bits per heavy atom. The molecule has 0 bridgehead atoms. The summed E-state index contributed by atoms with van der Waals surface area (Å²) in [6.07, 6.45) is 2.47. The van der Waals surface area contributed by atoms with Gasteiger partial charge in [0.15, 0.2) is 0 Å². The maximum absolute atomic E-state index is 6.06. The van der Waals surface area contributed by atoms with E-state index in [1.165, 1.54) is 29.5 Å². The molecule has 1 aliphatic rings. The summed E-state index contributed by atoms with van der Waals surface area (Å²) < 4.78 is 0. The lowest BCUT2D eigenvalue weighted by molar-refractivity contribution is 0.301. The largest absolute Gasteiger partial charge is 0.324 e. The summed E-state index contributed by atoms with van der Waals surface area (Å²) in [7, 11) is 0. The van der Waals surface area contributed by atoms with E-state index in [-0.39, 0.29) is 6.04 Å². The molecule has 0 aromatic heterocycles. The fraction of sp³-hybridized carbons (Fsp3) is 0.600. The van der Waals surface area contributed by atoms with Crippen LogP contribution in [0.15, 0.2) is 18.2 Å². The normalized spacial score (nSPS) is 24.9. The smallest absolute Gasteiger partial charge is 0.0268 e. The molecular formula is C15H23N. The van der Waals surface area contributed by atoms with Gasteiger partial charge in [-0.2, -0.15) is 0 Å². The van der Waals surface area contributed by atoms with E-state index < -0.39 is 0 Å². The molecule has 0 aliphatic heterocycles. The van der Waals surface area contributed by atoms with Gasteiger partial charge in [0.2, 0.25) is 0 Å². The molecule has 2 unspecified atom stereocenters. The number of nitrogens with two attached hydrogens (primary N) is 1. The van der Waals surface area contributed by atoms with E-state index >= 15 is 0 Å². The van der Waals surface area contributed by atoms with E-state index in [1.54, 1.807) is 0 Å². The van der Waals surface area contributed by atoms with Gasteiger partial charge in [0.1, 0.15) is 0 Å². The third-order valence-electron chi connectivity index (χ3n) is 4.46. The minimum absolute atomic E-state index is 0.152. The molecule has 16 heavy (non-hydrogen) atoms. The molecule has 88 valence electrons. The van der Waals surface area contributed by atoms with Crippen LogP contribution < -0.4 is 5.73 Å². The molecule has 0 saturated carbocycles. The zero-order valence-electron chi connectivity index (χ0n) is 10.9. The average Bonchev–Trinajstić information content (AvgIpc) is 2.23. The molecule has 0 heterocycles. The van der Waals surface area contributed by atoms with E-state index in [2.05, 4.69) is 45.9 Å². The van der Waals surface area contributed by atoms with Crippen molar-refractivity contribution in [2.75, 3.05) is 0 Å². The van der Waals surface area contributed by atoms with Gasteiger partial charge in [-0.25, -0.2) is 0 Å². The standard InChI is InChI=1S/C15H23N/c1-10-8-9-13-12(11(2)16)6-5-7-14(13)15(10,3)4/h5-7,10-11H,8-9,16H2,1-4H3. The van der Waals surface area contributed by atoms with Crippen molar-refractivity contribution >= 4 is 0 Å². The Bertz CT molecular complexity index is 390. The van der Waals surface area contributed by atoms with Gasteiger partial charge >= 0.3 is 0 Å². The van der Waals surface area contributed by atoms with Crippen molar-refractivity contribution in [1.29, 1.82) is 0 Å². The van der Waals surface area contributed by atoms with E-state index in [4.69, 9.17) is 5.73 Å². The van der Waals surface area contributed by atoms with Crippen LogP contribution in [-0.4, -0.2) is 0 Å². The van der Waals surface area contributed by atoms with Crippen molar-refractivity contribution in [2.24, 2.45) is 11.7 Å². The number of benzene rings is 1. The molecular weight excluding hydrogens is 194 g/mol. The fourth-order valence-electron chi connectivity index (χ4n) is 2.90. The Kier molecular flexibility index (Phi) is 2.83. The van der Waals surface area contributed by atoms with Crippen molar-refractivity contribution in [1.82, 2.24) is 0 Å². The summed E-state index contributed by atoms with van der Waals surface area (Å²) in [4.78, 5) is 0. The number of hydrogen-bond acceptors (Lipinski definition) is 1. The lowest BCUT2D eigenvalue weighted by Crippen LogP contribution is -2.33. The zero-order valence-corrected chi connectivity index (χ0v) is 10.9. The predicted molar refractivity (Wildman–Crippen MR) is 69.6 cm³/mol. The highest BCUT2D eigenvalue weighted by atomic mass is 14.6. The highest BCUT2D eigenvalue weighted by Crippen LogP contribution is 2.42. The Balaban J connectivity index is 2.57. The summed E-state index contributed by atoms with van der Waals surface area (Å²) in [5, 5.41) is 0. The summed E-state index contributed by atoms with van der Waals surface area (Å²) in [5.74, 6) is 0.753. The summed E-state index contributed by atoms with van der Waals surface area (Å²) >= 11 is 0. The SMILES string of the molecule is CC(N)c1cccc2c1CCC(C)C2(C)C. The molecule has 1 aromatic carbocycles. The molecule has 0 saturated heterocycles. The second-order valence-electron chi connectivity index (χ2n) is 5.82. The second-order valence-corrected chi connectivity index (χ2v) is 5.82. The fourth-order valence-corrected chi connectivity index (χ4v) is 2.90. The van der Waals surface area contributed by atoms with Crippen LogP contribution in [0.25, 0.3) is 0 Å². The highest BCUT2D eigenvalue weighted by molar-refractivity contribution is 5.43. The third kappa shape index (κ3) is 1.67. The van der Waals surface area contributed by atoms with E-state index in [1.807, 2.05) is 0 Å². The van der Waals surface area contributed by atoms with Crippen molar-refractivity contribution in [3.05, 3.63) is 34.9 Å². The first-order valence-electron chi connectivity index (χ1n) is 6.32. The molecule has 2 atom stereocenters. The molecule has 1 heteroatoms. The maximum Gasteiger partial charge on any atom is 0.0268 e. The number of rotatable bonds is 1.